The van der Waals surface area contributed by atoms with Crippen LogP contribution < -0.4 is 10.6 Å². The molecule has 9 nitrogen and oxygen atoms in total. The van der Waals surface area contributed by atoms with Gasteiger partial charge in [0.2, 0.25) is 5.95 Å². The van der Waals surface area contributed by atoms with Gasteiger partial charge in [0.05, 0.1) is 24.0 Å². The zero-order valence-corrected chi connectivity index (χ0v) is 18.9. The van der Waals surface area contributed by atoms with E-state index >= 15 is 0 Å². The fourth-order valence-corrected chi connectivity index (χ4v) is 4.61. The van der Waals surface area contributed by atoms with Crippen LogP contribution in [0.1, 0.15) is 31.5 Å². The Morgan fingerprint density at radius 2 is 1.91 bits per heavy atom. The maximum absolute atomic E-state index is 5.25. The SMILES string of the molecule is CN[C@H]1CC[C@@H](Nc2ncc3c(-c4ccc5nc(C)n(CCOC)c5n4)ccn3n2)CC1. The molecule has 1 aliphatic carbocycles. The van der Waals surface area contributed by atoms with Gasteiger partial charge in [0.15, 0.2) is 5.65 Å². The molecule has 32 heavy (non-hydrogen) atoms. The van der Waals surface area contributed by atoms with E-state index in [-0.39, 0.29) is 0 Å². The number of rotatable bonds is 7. The number of aryl methyl sites for hydroxylation is 1. The lowest BCUT2D eigenvalue weighted by Crippen LogP contribution is -2.35. The Balaban J connectivity index is 1.41. The van der Waals surface area contributed by atoms with Gasteiger partial charge in [-0.15, -0.1) is 5.10 Å². The zero-order valence-electron chi connectivity index (χ0n) is 18.9. The highest BCUT2D eigenvalue weighted by atomic mass is 16.5. The number of aromatic nitrogens is 6. The quantitative estimate of drug-likeness (QED) is 0.462. The highest BCUT2D eigenvalue weighted by Gasteiger charge is 2.21. The minimum Gasteiger partial charge on any atom is -0.383 e. The van der Waals surface area contributed by atoms with E-state index in [0.29, 0.717) is 24.6 Å². The van der Waals surface area contributed by atoms with Crippen molar-refractivity contribution in [3.63, 3.8) is 0 Å². The fourth-order valence-electron chi connectivity index (χ4n) is 4.61. The second-order valence-electron chi connectivity index (χ2n) is 8.47. The lowest BCUT2D eigenvalue weighted by molar-refractivity contribution is 0.187. The van der Waals surface area contributed by atoms with Crippen LogP contribution in [-0.2, 0) is 11.3 Å². The number of hydrogen-bond acceptors (Lipinski definition) is 7. The topological polar surface area (TPSA) is 94.2 Å². The maximum atomic E-state index is 5.25. The van der Waals surface area contributed by atoms with E-state index in [0.717, 1.165) is 53.1 Å². The molecule has 0 aromatic carbocycles. The summed E-state index contributed by atoms with van der Waals surface area (Å²) >= 11 is 0. The van der Waals surface area contributed by atoms with E-state index in [2.05, 4.69) is 25.2 Å². The second kappa shape index (κ2) is 8.84. The van der Waals surface area contributed by atoms with Crippen LogP contribution in [0, 0.1) is 6.92 Å². The summed E-state index contributed by atoms with van der Waals surface area (Å²) in [6.45, 7) is 3.34. The minimum atomic E-state index is 0.423. The lowest BCUT2D eigenvalue weighted by Gasteiger charge is -2.28. The smallest absolute Gasteiger partial charge is 0.241 e. The molecular formula is C23H30N8O. The van der Waals surface area contributed by atoms with Crippen molar-refractivity contribution in [1.29, 1.82) is 0 Å². The minimum absolute atomic E-state index is 0.423. The molecule has 1 saturated carbocycles. The standard InChI is InChI=1S/C23H30N8O/c1-15-26-20-9-8-19(28-22(20)30(15)12-13-32-3)18-10-11-31-21(18)14-25-23(29-31)27-17-6-4-16(24-2)5-7-17/h8-11,14,16-17,24H,4-7,12-13H2,1-3H3,(H,27,29)/t16-,17+. The molecule has 9 heteroatoms. The van der Waals surface area contributed by atoms with Crippen molar-refractivity contribution < 1.29 is 4.74 Å². The highest BCUT2D eigenvalue weighted by Crippen LogP contribution is 2.27. The summed E-state index contributed by atoms with van der Waals surface area (Å²) in [7, 11) is 3.75. The van der Waals surface area contributed by atoms with Gasteiger partial charge in [0.25, 0.3) is 0 Å². The molecule has 0 radical (unpaired) electrons. The Labute approximate surface area is 187 Å². The number of anilines is 1. The largest absolute Gasteiger partial charge is 0.383 e. The van der Waals surface area contributed by atoms with Gasteiger partial charge in [-0.3, -0.25) is 0 Å². The Kier molecular flexibility index (Phi) is 5.75. The van der Waals surface area contributed by atoms with Crippen LogP contribution in [0.5, 0.6) is 0 Å². The number of pyridine rings is 1. The number of fused-ring (bicyclic) bond motifs is 2. The van der Waals surface area contributed by atoms with Gasteiger partial charge in [-0.25, -0.2) is 19.5 Å². The van der Waals surface area contributed by atoms with Gasteiger partial charge in [-0.1, -0.05) is 0 Å². The highest BCUT2D eigenvalue weighted by molar-refractivity contribution is 5.82. The average Bonchev–Trinajstić information content (AvgIpc) is 3.37. The Morgan fingerprint density at radius 1 is 1.09 bits per heavy atom. The number of methoxy groups -OCH3 is 1. The molecule has 0 amide bonds. The fraction of sp³-hybridized carbons (Fsp3) is 0.478. The summed E-state index contributed by atoms with van der Waals surface area (Å²) in [5.41, 5.74) is 4.58. The molecule has 4 aromatic rings. The summed E-state index contributed by atoms with van der Waals surface area (Å²) in [5, 5.41) is 11.6. The zero-order chi connectivity index (χ0) is 22.1. The molecule has 0 bridgehead atoms. The Bertz CT molecular complexity index is 1220. The van der Waals surface area contributed by atoms with Crippen molar-refractivity contribution in [3.8, 4) is 11.3 Å². The van der Waals surface area contributed by atoms with Gasteiger partial charge in [0.1, 0.15) is 11.3 Å². The molecule has 0 atom stereocenters. The number of nitrogens with zero attached hydrogens (tertiary/aromatic N) is 6. The lowest BCUT2D eigenvalue weighted by atomic mass is 9.91. The van der Waals surface area contributed by atoms with E-state index in [1.165, 1.54) is 12.8 Å². The molecule has 4 aromatic heterocycles. The molecule has 0 spiro atoms. The predicted molar refractivity (Wildman–Crippen MR) is 125 cm³/mol. The molecule has 5 rings (SSSR count). The van der Waals surface area contributed by atoms with Crippen molar-refractivity contribution in [1.82, 2.24) is 34.4 Å². The Hall–Kier alpha value is -3.04. The van der Waals surface area contributed by atoms with Crippen molar-refractivity contribution in [3.05, 3.63) is 36.4 Å². The van der Waals surface area contributed by atoms with Crippen molar-refractivity contribution in [2.45, 2.75) is 51.2 Å². The third kappa shape index (κ3) is 3.93. The van der Waals surface area contributed by atoms with Gasteiger partial charge in [-0.2, -0.15) is 0 Å². The van der Waals surface area contributed by atoms with Gasteiger partial charge in [-0.05, 0) is 57.9 Å². The molecule has 2 N–H and O–H groups in total. The second-order valence-corrected chi connectivity index (χ2v) is 8.47. The van der Waals surface area contributed by atoms with Gasteiger partial charge >= 0.3 is 0 Å². The first kappa shape index (κ1) is 20.8. The Morgan fingerprint density at radius 3 is 2.69 bits per heavy atom. The van der Waals surface area contributed by atoms with Crippen molar-refractivity contribution >= 4 is 22.6 Å². The maximum Gasteiger partial charge on any atom is 0.241 e. The third-order valence-electron chi connectivity index (χ3n) is 6.46. The van der Waals surface area contributed by atoms with Crippen LogP contribution in [0.15, 0.2) is 30.6 Å². The van der Waals surface area contributed by atoms with E-state index in [1.807, 2.05) is 49.1 Å². The van der Waals surface area contributed by atoms with Crippen molar-refractivity contribution in [2.24, 2.45) is 0 Å². The third-order valence-corrected chi connectivity index (χ3v) is 6.46. The van der Waals surface area contributed by atoms with E-state index in [1.54, 1.807) is 7.11 Å². The average molecular weight is 435 g/mol. The van der Waals surface area contributed by atoms with Crippen LogP contribution in [0.4, 0.5) is 5.95 Å². The molecule has 168 valence electrons. The van der Waals surface area contributed by atoms with Crippen LogP contribution in [0.3, 0.4) is 0 Å². The monoisotopic (exact) mass is 434 g/mol. The number of hydrogen-bond donors (Lipinski definition) is 2. The number of ether oxygens (including phenoxy) is 1. The summed E-state index contributed by atoms with van der Waals surface area (Å²) in [4.78, 5) is 14.2. The molecule has 0 unspecified atom stereocenters. The number of imidazole rings is 1. The van der Waals surface area contributed by atoms with Gasteiger partial charge < -0.3 is 19.9 Å². The van der Waals surface area contributed by atoms with Crippen molar-refractivity contribution in [2.75, 3.05) is 26.1 Å². The van der Waals surface area contributed by atoms with E-state index in [9.17, 15) is 0 Å². The molecule has 4 heterocycles. The normalized spacial score (nSPS) is 19.1. The number of nitrogens with one attached hydrogen (secondary N) is 2. The van der Waals surface area contributed by atoms with Crippen LogP contribution in [0.2, 0.25) is 0 Å². The summed E-state index contributed by atoms with van der Waals surface area (Å²) in [6.07, 6.45) is 8.46. The molecule has 1 aliphatic rings. The first-order chi connectivity index (χ1) is 15.7. The van der Waals surface area contributed by atoms with Crippen LogP contribution in [0.25, 0.3) is 27.9 Å². The first-order valence-electron chi connectivity index (χ1n) is 11.3. The molecular weight excluding hydrogens is 404 g/mol. The van der Waals surface area contributed by atoms with Crippen LogP contribution >= 0.6 is 0 Å². The molecule has 1 fully saturated rings. The van der Waals surface area contributed by atoms with E-state index < -0.39 is 0 Å². The molecule has 0 saturated heterocycles. The van der Waals surface area contributed by atoms with E-state index in [4.69, 9.17) is 14.8 Å². The van der Waals surface area contributed by atoms with Gasteiger partial charge in [0, 0.05) is 37.5 Å². The predicted octanol–water partition coefficient (Wildman–Crippen LogP) is 3.04. The van der Waals surface area contributed by atoms with Crippen LogP contribution in [-0.4, -0.2) is 62.0 Å². The summed E-state index contributed by atoms with van der Waals surface area (Å²) in [6, 6.07) is 7.13. The first-order valence-corrected chi connectivity index (χ1v) is 11.3. The summed E-state index contributed by atoms with van der Waals surface area (Å²) in [5.74, 6) is 1.61. The summed E-state index contributed by atoms with van der Waals surface area (Å²) < 4.78 is 9.23. The molecule has 0 aliphatic heterocycles.